The normalized spacial score (nSPS) is 10.9. The summed E-state index contributed by atoms with van der Waals surface area (Å²) in [5.41, 5.74) is 16.9. The second kappa shape index (κ2) is 9.44. The molecule has 0 saturated heterocycles. The van der Waals surface area contributed by atoms with Crippen LogP contribution < -0.4 is 16.8 Å². The molecule has 3 heterocycles. The lowest BCUT2D eigenvalue weighted by molar-refractivity contribution is 0.0949. The first kappa shape index (κ1) is 23.1. The molecular weight excluding hydrogens is 452 g/mol. The summed E-state index contributed by atoms with van der Waals surface area (Å²) in [7, 11) is 0. The second-order valence-electron chi connectivity index (χ2n) is 8.05. The average Bonchev–Trinajstić information content (AvgIpc) is 2.78. The van der Waals surface area contributed by atoms with Gasteiger partial charge in [-0.25, -0.2) is 4.98 Å². The summed E-state index contributed by atoms with van der Waals surface area (Å²) < 4.78 is 0. The lowest BCUT2D eigenvalue weighted by Crippen LogP contribution is -2.24. The summed E-state index contributed by atoms with van der Waals surface area (Å²) in [5, 5.41) is 4.09. The summed E-state index contributed by atoms with van der Waals surface area (Å²) in [6, 6.07) is 10.2. The third kappa shape index (κ3) is 4.97. The van der Waals surface area contributed by atoms with Gasteiger partial charge in [0.15, 0.2) is 0 Å². The Labute approximate surface area is 201 Å². The van der Waals surface area contributed by atoms with Crippen molar-refractivity contribution >= 4 is 40.1 Å². The Bertz CT molecular complexity index is 1410. The van der Waals surface area contributed by atoms with Gasteiger partial charge in [0.05, 0.1) is 10.5 Å². The molecule has 4 aromatic rings. The van der Waals surface area contributed by atoms with E-state index >= 15 is 0 Å². The number of amides is 2. The number of carbonyl (C=O) groups excluding carboxylic acids is 2. The van der Waals surface area contributed by atoms with Crippen LogP contribution in [0.25, 0.3) is 10.9 Å². The second-order valence-corrected chi connectivity index (χ2v) is 8.48. The topological polar surface area (TPSA) is 137 Å². The molecule has 0 spiro atoms. The molecule has 1 aromatic carbocycles. The molecule has 0 aliphatic carbocycles. The molecule has 0 radical (unpaired) electrons. The molecule has 0 aliphatic rings. The highest BCUT2D eigenvalue weighted by molar-refractivity contribution is 6.31. The maximum atomic E-state index is 12.8. The first-order chi connectivity index (χ1) is 16.2. The van der Waals surface area contributed by atoms with E-state index in [-0.39, 0.29) is 5.91 Å². The number of nitrogens with one attached hydrogen (secondary N) is 1. The van der Waals surface area contributed by atoms with Gasteiger partial charge in [0.1, 0.15) is 5.82 Å². The molecule has 8 nitrogen and oxygen atoms in total. The zero-order chi connectivity index (χ0) is 24.4. The van der Waals surface area contributed by atoms with E-state index in [0.717, 1.165) is 22.4 Å². The fourth-order valence-corrected chi connectivity index (χ4v) is 4.08. The number of hydrogen-bond donors (Lipinski definition) is 3. The number of nitrogens with zero attached hydrogens (tertiary/aromatic N) is 3. The predicted octanol–water partition coefficient (Wildman–Crippen LogP) is 3.50. The van der Waals surface area contributed by atoms with Crippen molar-refractivity contribution in [2.75, 3.05) is 5.73 Å². The Morgan fingerprint density at radius 2 is 1.85 bits per heavy atom. The number of anilines is 1. The molecular formula is C25H23ClN6O2. The van der Waals surface area contributed by atoms with Crippen molar-refractivity contribution in [3.05, 3.63) is 93.0 Å². The van der Waals surface area contributed by atoms with Crippen LogP contribution in [0.5, 0.6) is 0 Å². The highest BCUT2D eigenvalue weighted by Gasteiger charge is 2.14. The number of hydrogen-bond acceptors (Lipinski definition) is 6. The third-order valence-corrected chi connectivity index (χ3v) is 5.77. The van der Waals surface area contributed by atoms with Gasteiger partial charge in [0.25, 0.3) is 5.91 Å². The number of carbonyl (C=O) groups is 2. The van der Waals surface area contributed by atoms with E-state index < -0.39 is 5.91 Å². The Hall–Kier alpha value is -4.04. The molecule has 3 aromatic heterocycles. The van der Waals surface area contributed by atoms with Gasteiger partial charge in [0, 0.05) is 53.3 Å². The van der Waals surface area contributed by atoms with E-state index in [1.165, 1.54) is 0 Å². The summed E-state index contributed by atoms with van der Waals surface area (Å²) >= 11 is 6.07. The third-order valence-electron chi connectivity index (χ3n) is 5.56. The Morgan fingerprint density at radius 3 is 2.59 bits per heavy atom. The van der Waals surface area contributed by atoms with Crippen LogP contribution in [0.1, 0.15) is 48.8 Å². The van der Waals surface area contributed by atoms with Crippen molar-refractivity contribution in [1.82, 2.24) is 20.3 Å². The van der Waals surface area contributed by atoms with Crippen molar-refractivity contribution in [2.45, 2.75) is 26.8 Å². The first-order valence-corrected chi connectivity index (χ1v) is 10.9. The largest absolute Gasteiger partial charge is 0.384 e. The average molecular weight is 475 g/mol. The zero-order valence-electron chi connectivity index (χ0n) is 18.7. The molecule has 9 heteroatoms. The summed E-state index contributed by atoms with van der Waals surface area (Å²) in [4.78, 5) is 37.7. The quantitative estimate of drug-likeness (QED) is 0.391. The standard InChI is InChI=1S/C25H23ClN6O2/c1-13-5-22(27)32-14(2)21(13)12-31-25(34)15-3-4-29-20(9-15)10-17-7-18(24(28)33)6-16-8-19(26)11-30-23(16)17/h3-9,11H,10,12H2,1-2H3,(H2,27,32)(H2,28,33)(H,31,34). The number of benzene rings is 1. The Morgan fingerprint density at radius 1 is 1.06 bits per heavy atom. The molecule has 34 heavy (non-hydrogen) atoms. The SMILES string of the molecule is Cc1cc(N)nc(C)c1CNC(=O)c1ccnc(Cc2cc(C(N)=O)cc3cc(Cl)cnc23)c1. The molecule has 2 amide bonds. The van der Waals surface area contributed by atoms with Crippen LogP contribution in [0, 0.1) is 13.8 Å². The van der Waals surface area contributed by atoms with Crippen molar-refractivity contribution in [1.29, 1.82) is 0 Å². The van der Waals surface area contributed by atoms with Crippen LogP contribution in [0.4, 0.5) is 5.82 Å². The minimum Gasteiger partial charge on any atom is -0.384 e. The minimum atomic E-state index is -0.549. The predicted molar refractivity (Wildman–Crippen MR) is 132 cm³/mol. The number of nitrogen functional groups attached to an aromatic ring is 1. The smallest absolute Gasteiger partial charge is 0.251 e. The van der Waals surface area contributed by atoms with E-state index in [2.05, 4.69) is 20.3 Å². The van der Waals surface area contributed by atoms with Gasteiger partial charge in [-0.2, -0.15) is 0 Å². The Kier molecular flexibility index (Phi) is 6.43. The number of pyridine rings is 3. The van der Waals surface area contributed by atoms with Gasteiger partial charge in [0.2, 0.25) is 5.91 Å². The maximum Gasteiger partial charge on any atom is 0.251 e. The van der Waals surface area contributed by atoms with Gasteiger partial charge in [-0.3, -0.25) is 19.6 Å². The van der Waals surface area contributed by atoms with Gasteiger partial charge in [-0.1, -0.05) is 11.6 Å². The lowest BCUT2D eigenvalue weighted by Gasteiger charge is -2.12. The number of nitrogens with two attached hydrogens (primary N) is 2. The molecule has 5 N–H and O–H groups in total. The van der Waals surface area contributed by atoms with Gasteiger partial charge >= 0.3 is 0 Å². The van der Waals surface area contributed by atoms with Crippen LogP contribution in [-0.2, 0) is 13.0 Å². The van der Waals surface area contributed by atoms with Crippen molar-refractivity contribution < 1.29 is 9.59 Å². The van der Waals surface area contributed by atoms with Crippen LogP contribution in [-0.4, -0.2) is 26.8 Å². The van der Waals surface area contributed by atoms with Gasteiger partial charge < -0.3 is 16.8 Å². The number of aryl methyl sites for hydroxylation is 2. The highest BCUT2D eigenvalue weighted by atomic mass is 35.5. The number of rotatable bonds is 6. The van der Waals surface area contributed by atoms with Crippen LogP contribution in [0.15, 0.2) is 48.8 Å². The highest BCUT2D eigenvalue weighted by Crippen LogP contribution is 2.24. The molecule has 4 rings (SSSR count). The molecule has 0 bridgehead atoms. The van der Waals surface area contributed by atoms with Crippen molar-refractivity contribution in [3.8, 4) is 0 Å². The molecule has 172 valence electrons. The number of primary amides is 1. The van der Waals surface area contributed by atoms with E-state index in [1.807, 2.05) is 13.8 Å². The first-order valence-electron chi connectivity index (χ1n) is 10.5. The van der Waals surface area contributed by atoms with E-state index in [0.29, 0.717) is 51.5 Å². The van der Waals surface area contributed by atoms with Crippen LogP contribution in [0.3, 0.4) is 0 Å². The molecule has 0 fully saturated rings. The number of fused-ring (bicyclic) bond motifs is 1. The number of aromatic nitrogens is 3. The maximum absolute atomic E-state index is 12.8. The van der Waals surface area contributed by atoms with Gasteiger partial charge in [-0.05, 0) is 66.9 Å². The fourth-order valence-electron chi connectivity index (χ4n) is 3.91. The molecule has 0 atom stereocenters. The summed E-state index contributed by atoms with van der Waals surface area (Å²) in [6.45, 7) is 4.13. The summed E-state index contributed by atoms with van der Waals surface area (Å²) in [6.07, 6.45) is 3.48. The number of halogens is 1. The van der Waals surface area contributed by atoms with Crippen LogP contribution >= 0.6 is 11.6 Å². The van der Waals surface area contributed by atoms with Gasteiger partial charge in [-0.15, -0.1) is 0 Å². The molecule has 0 saturated carbocycles. The van der Waals surface area contributed by atoms with E-state index in [9.17, 15) is 9.59 Å². The molecule has 0 aliphatic heterocycles. The minimum absolute atomic E-state index is 0.236. The molecule has 0 unspecified atom stereocenters. The van der Waals surface area contributed by atoms with E-state index in [1.54, 1.807) is 48.8 Å². The summed E-state index contributed by atoms with van der Waals surface area (Å²) in [5.74, 6) is -0.333. The fraction of sp³-hybridized carbons (Fsp3) is 0.160. The van der Waals surface area contributed by atoms with Crippen molar-refractivity contribution in [2.24, 2.45) is 5.73 Å². The Balaban J connectivity index is 1.58. The lowest BCUT2D eigenvalue weighted by atomic mass is 10.00. The van der Waals surface area contributed by atoms with Crippen molar-refractivity contribution in [3.63, 3.8) is 0 Å². The van der Waals surface area contributed by atoms with E-state index in [4.69, 9.17) is 23.1 Å². The zero-order valence-corrected chi connectivity index (χ0v) is 19.5. The van der Waals surface area contributed by atoms with Crippen LogP contribution in [0.2, 0.25) is 5.02 Å². The monoisotopic (exact) mass is 474 g/mol.